The van der Waals surface area contributed by atoms with Crippen molar-refractivity contribution in [3.63, 3.8) is 0 Å². The Morgan fingerprint density at radius 3 is 2.58 bits per heavy atom. The lowest BCUT2D eigenvalue weighted by Crippen LogP contribution is -2.52. The minimum absolute atomic E-state index is 0.0962. The standard InChI is InChI=1S/C16H18F3N3O2/c17-16(18,19)13-9-15(24,12-6-2-1-3-7-12)22(21-13)14(23)11-5-4-8-20-10-11/h4-5,8,10,12,24H,1-3,6-7,9H2. The molecule has 3 rings (SSSR count). The second kappa shape index (κ2) is 6.16. The molecule has 0 saturated heterocycles. The van der Waals surface area contributed by atoms with E-state index in [0.29, 0.717) is 17.9 Å². The highest BCUT2D eigenvalue weighted by Gasteiger charge is 2.55. The van der Waals surface area contributed by atoms with Crippen LogP contribution in [0.25, 0.3) is 0 Å². The number of pyridine rings is 1. The summed E-state index contributed by atoms with van der Waals surface area (Å²) in [6.45, 7) is 0. The number of aromatic nitrogens is 1. The Bertz CT molecular complexity index is 642. The Hall–Kier alpha value is -1.96. The van der Waals surface area contributed by atoms with Crippen LogP contribution < -0.4 is 0 Å². The molecule has 1 atom stereocenters. The first-order chi connectivity index (χ1) is 11.3. The number of hydrogen-bond donors (Lipinski definition) is 1. The third-order valence-corrected chi connectivity index (χ3v) is 4.70. The van der Waals surface area contributed by atoms with Crippen LogP contribution in [-0.4, -0.2) is 38.6 Å². The quantitative estimate of drug-likeness (QED) is 0.899. The summed E-state index contributed by atoms with van der Waals surface area (Å²) in [5.41, 5.74) is -2.95. The fourth-order valence-electron chi connectivity index (χ4n) is 3.44. The molecule has 1 saturated carbocycles. The van der Waals surface area contributed by atoms with E-state index in [-0.39, 0.29) is 5.56 Å². The fourth-order valence-corrected chi connectivity index (χ4v) is 3.44. The lowest BCUT2D eigenvalue weighted by atomic mass is 9.79. The van der Waals surface area contributed by atoms with Gasteiger partial charge in [-0.05, 0) is 25.0 Å². The molecular weight excluding hydrogens is 323 g/mol. The third kappa shape index (κ3) is 3.02. The second-order valence-corrected chi connectivity index (χ2v) is 6.29. The Morgan fingerprint density at radius 2 is 2.00 bits per heavy atom. The SMILES string of the molecule is O=C(c1cccnc1)N1N=C(C(F)(F)F)CC1(O)C1CCCCC1. The number of aliphatic hydroxyl groups is 1. The van der Waals surface area contributed by atoms with Crippen molar-refractivity contribution < 1.29 is 23.1 Å². The van der Waals surface area contributed by atoms with E-state index in [0.717, 1.165) is 19.3 Å². The topological polar surface area (TPSA) is 65.8 Å². The zero-order chi connectivity index (χ0) is 17.4. The third-order valence-electron chi connectivity index (χ3n) is 4.70. The predicted molar refractivity (Wildman–Crippen MR) is 80.0 cm³/mol. The van der Waals surface area contributed by atoms with Gasteiger partial charge in [-0.3, -0.25) is 9.78 Å². The summed E-state index contributed by atoms with van der Waals surface area (Å²) in [6.07, 6.45) is 1.13. The zero-order valence-electron chi connectivity index (χ0n) is 13.0. The largest absolute Gasteiger partial charge is 0.431 e. The molecule has 5 nitrogen and oxygen atoms in total. The van der Waals surface area contributed by atoms with Crippen molar-refractivity contribution in [2.45, 2.75) is 50.4 Å². The summed E-state index contributed by atoms with van der Waals surface area (Å²) >= 11 is 0. The van der Waals surface area contributed by atoms with E-state index in [1.807, 2.05) is 0 Å². The van der Waals surface area contributed by atoms with Crippen LogP contribution in [0.15, 0.2) is 29.6 Å². The Morgan fingerprint density at radius 1 is 1.29 bits per heavy atom. The molecule has 1 amide bonds. The molecule has 0 radical (unpaired) electrons. The highest BCUT2D eigenvalue weighted by Crippen LogP contribution is 2.43. The van der Waals surface area contributed by atoms with Gasteiger partial charge in [-0.2, -0.15) is 23.3 Å². The van der Waals surface area contributed by atoms with Gasteiger partial charge in [-0.15, -0.1) is 0 Å². The van der Waals surface area contributed by atoms with Crippen LogP contribution in [0.3, 0.4) is 0 Å². The highest BCUT2D eigenvalue weighted by molar-refractivity contribution is 5.99. The monoisotopic (exact) mass is 341 g/mol. The molecule has 1 aliphatic heterocycles. The molecule has 1 N–H and O–H groups in total. The van der Waals surface area contributed by atoms with Gasteiger partial charge in [-0.1, -0.05) is 19.3 Å². The van der Waals surface area contributed by atoms with Gasteiger partial charge < -0.3 is 5.11 Å². The molecule has 0 aromatic carbocycles. The summed E-state index contributed by atoms with van der Waals surface area (Å²) < 4.78 is 39.4. The number of amides is 1. The molecule has 1 aliphatic carbocycles. The van der Waals surface area contributed by atoms with Gasteiger partial charge in [0, 0.05) is 24.7 Å². The van der Waals surface area contributed by atoms with Gasteiger partial charge in [0.25, 0.3) is 5.91 Å². The maximum atomic E-state index is 13.1. The van der Waals surface area contributed by atoms with E-state index in [1.54, 1.807) is 0 Å². The van der Waals surface area contributed by atoms with Crippen LogP contribution in [0, 0.1) is 5.92 Å². The normalized spacial score (nSPS) is 25.7. The van der Waals surface area contributed by atoms with Gasteiger partial charge >= 0.3 is 6.18 Å². The van der Waals surface area contributed by atoms with E-state index < -0.39 is 35.9 Å². The summed E-state index contributed by atoms with van der Waals surface area (Å²) in [5, 5.41) is 15.1. The number of carbonyl (C=O) groups is 1. The van der Waals surface area contributed by atoms with Crippen molar-refractivity contribution in [2.24, 2.45) is 11.0 Å². The summed E-state index contributed by atoms with van der Waals surface area (Å²) in [6, 6.07) is 2.95. The summed E-state index contributed by atoms with van der Waals surface area (Å²) in [4.78, 5) is 16.4. The first kappa shape index (κ1) is 16.9. The first-order valence-electron chi connectivity index (χ1n) is 7.94. The average molecular weight is 341 g/mol. The van der Waals surface area contributed by atoms with E-state index in [9.17, 15) is 23.1 Å². The minimum Gasteiger partial charge on any atom is -0.368 e. The van der Waals surface area contributed by atoms with Gasteiger partial charge in [0.1, 0.15) is 5.71 Å². The number of carbonyl (C=O) groups excluding carboxylic acids is 1. The summed E-state index contributed by atoms with van der Waals surface area (Å²) in [5.74, 6) is -1.19. The maximum absolute atomic E-state index is 13.1. The molecule has 1 unspecified atom stereocenters. The van der Waals surface area contributed by atoms with Crippen LogP contribution in [0.4, 0.5) is 13.2 Å². The van der Waals surface area contributed by atoms with E-state index >= 15 is 0 Å². The summed E-state index contributed by atoms with van der Waals surface area (Å²) in [7, 11) is 0. The highest BCUT2D eigenvalue weighted by atomic mass is 19.4. The van der Waals surface area contributed by atoms with Gasteiger partial charge in [-0.25, -0.2) is 0 Å². The van der Waals surface area contributed by atoms with E-state index in [1.165, 1.54) is 24.5 Å². The van der Waals surface area contributed by atoms with Crippen molar-refractivity contribution in [1.82, 2.24) is 9.99 Å². The number of hydrogen-bond acceptors (Lipinski definition) is 4. The molecule has 2 aliphatic rings. The van der Waals surface area contributed by atoms with E-state index in [4.69, 9.17) is 0 Å². The molecule has 2 heterocycles. The number of alkyl halides is 3. The Labute approximate surface area is 137 Å². The predicted octanol–water partition coefficient (Wildman–Crippen LogP) is 3.11. The van der Waals surface area contributed by atoms with Crippen LogP contribution in [0.2, 0.25) is 0 Å². The molecule has 0 bridgehead atoms. The number of halogens is 3. The molecule has 1 aromatic heterocycles. The Kier molecular flexibility index (Phi) is 4.33. The number of nitrogens with zero attached hydrogens (tertiary/aromatic N) is 3. The molecular formula is C16H18F3N3O2. The van der Waals surface area contributed by atoms with Gasteiger partial charge in [0.2, 0.25) is 0 Å². The minimum atomic E-state index is -4.67. The maximum Gasteiger partial charge on any atom is 0.431 e. The smallest absolute Gasteiger partial charge is 0.368 e. The molecule has 1 aromatic rings. The van der Waals surface area contributed by atoms with Crippen molar-refractivity contribution in [1.29, 1.82) is 0 Å². The molecule has 24 heavy (non-hydrogen) atoms. The van der Waals surface area contributed by atoms with E-state index in [2.05, 4.69) is 10.1 Å². The van der Waals surface area contributed by atoms with Crippen molar-refractivity contribution in [2.75, 3.05) is 0 Å². The van der Waals surface area contributed by atoms with Gasteiger partial charge in [0.05, 0.1) is 5.56 Å². The van der Waals surface area contributed by atoms with Crippen LogP contribution >= 0.6 is 0 Å². The molecule has 0 spiro atoms. The number of rotatable bonds is 2. The lowest BCUT2D eigenvalue weighted by Gasteiger charge is -2.39. The van der Waals surface area contributed by atoms with Crippen molar-refractivity contribution in [3.05, 3.63) is 30.1 Å². The van der Waals surface area contributed by atoms with Crippen LogP contribution in [0.1, 0.15) is 48.9 Å². The fraction of sp³-hybridized carbons (Fsp3) is 0.562. The average Bonchev–Trinajstić information content (AvgIpc) is 2.95. The zero-order valence-corrected chi connectivity index (χ0v) is 13.0. The number of hydrazone groups is 1. The molecule has 130 valence electrons. The van der Waals surface area contributed by atoms with Crippen molar-refractivity contribution >= 4 is 11.6 Å². The second-order valence-electron chi connectivity index (χ2n) is 6.29. The lowest BCUT2D eigenvalue weighted by molar-refractivity contribution is -0.123. The first-order valence-corrected chi connectivity index (χ1v) is 7.94. The molecule has 8 heteroatoms. The Balaban J connectivity index is 1.96. The van der Waals surface area contributed by atoms with Crippen molar-refractivity contribution in [3.8, 4) is 0 Å². The van der Waals surface area contributed by atoms with Crippen LogP contribution in [-0.2, 0) is 0 Å². The van der Waals surface area contributed by atoms with Crippen LogP contribution in [0.5, 0.6) is 0 Å². The van der Waals surface area contributed by atoms with Gasteiger partial charge in [0.15, 0.2) is 5.72 Å². The molecule has 1 fully saturated rings.